The van der Waals surface area contributed by atoms with Crippen LogP contribution in [0.1, 0.15) is 18.1 Å². The summed E-state index contributed by atoms with van der Waals surface area (Å²) < 4.78 is 5.43. The fourth-order valence-electron chi connectivity index (χ4n) is 1.19. The zero-order valence-electron chi connectivity index (χ0n) is 7.84. The Labute approximate surface area is 79.4 Å². The fraction of sp³-hybridized carbons (Fsp3) is 0.167. The van der Waals surface area contributed by atoms with Crippen LogP contribution in [-0.4, -0.2) is 6.61 Å². The lowest BCUT2D eigenvalue weighted by Crippen LogP contribution is -1.95. The van der Waals surface area contributed by atoms with Crippen LogP contribution in [0.25, 0.3) is 6.08 Å². The lowest BCUT2D eigenvalue weighted by atomic mass is 10.1. The van der Waals surface area contributed by atoms with Gasteiger partial charge in [-0.3, -0.25) is 0 Å². The Hall–Kier alpha value is -1.50. The van der Waals surface area contributed by atoms with E-state index in [0.29, 0.717) is 6.61 Å². The number of ether oxygens (including phenoxy) is 1. The van der Waals surface area contributed by atoms with Crippen LogP contribution in [0.5, 0.6) is 5.75 Å². The van der Waals surface area contributed by atoms with Gasteiger partial charge in [0.15, 0.2) is 0 Å². The molecular formula is C12H13O. The number of rotatable bonds is 4. The standard InChI is InChI=1S/C12H13O/c1-4-10-8-7-9-12(13-6-3)11(10)5-2/h5,7-9H,1-2,6H2,3H3. The Morgan fingerprint density at radius 2 is 2.31 bits per heavy atom. The molecule has 1 radical (unpaired) electrons. The highest BCUT2D eigenvalue weighted by molar-refractivity contribution is 5.61. The van der Waals surface area contributed by atoms with E-state index in [2.05, 4.69) is 19.2 Å². The van der Waals surface area contributed by atoms with E-state index in [1.54, 1.807) is 6.08 Å². The highest BCUT2D eigenvalue weighted by Gasteiger charge is 2.02. The number of hydrogen-bond acceptors (Lipinski definition) is 1. The monoisotopic (exact) mass is 173 g/mol. The summed E-state index contributed by atoms with van der Waals surface area (Å²) in [6, 6.07) is 5.78. The van der Waals surface area contributed by atoms with Crippen LogP contribution in [0.2, 0.25) is 0 Å². The third kappa shape index (κ3) is 2.00. The van der Waals surface area contributed by atoms with Gasteiger partial charge in [-0.2, -0.15) is 0 Å². The Kier molecular flexibility index (Phi) is 3.32. The quantitative estimate of drug-likeness (QED) is 0.680. The maximum Gasteiger partial charge on any atom is 0.127 e. The fourth-order valence-corrected chi connectivity index (χ4v) is 1.19. The van der Waals surface area contributed by atoms with Crippen molar-refractivity contribution in [1.82, 2.24) is 0 Å². The summed E-state index contributed by atoms with van der Waals surface area (Å²) in [6.45, 7) is 9.96. The van der Waals surface area contributed by atoms with Crippen molar-refractivity contribution in [1.29, 1.82) is 0 Å². The molecule has 13 heavy (non-hydrogen) atoms. The summed E-state index contributed by atoms with van der Waals surface area (Å²) in [7, 11) is 0. The van der Waals surface area contributed by atoms with E-state index in [1.165, 1.54) is 0 Å². The summed E-state index contributed by atoms with van der Waals surface area (Å²) in [6.07, 6.45) is 4.61. The summed E-state index contributed by atoms with van der Waals surface area (Å²) in [5, 5.41) is 0. The van der Waals surface area contributed by atoms with Crippen LogP contribution >= 0.6 is 0 Å². The van der Waals surface area contributed by atoms with Crippen LogP contribution in [0.4, 0.5) is 0 Å². The zero-order chi connectivity index (χ0) is 9.68. The molecule has 1 aromatic rings. The van der Waals surface area contributed by atoms with E-state index in [4.69, 9.17) is 4.74 Å². The van der Waals surface area contributed by atoms with Gasteiger partial charge in [0, 0.05) is 5.56 Å². The van der Waals surface area contributed by atoms with Crippen molar-refractivity contribution in [2.75, 3.05) is 6.61 Å². The molecule has 0 amide bonds. The van der Waals surface area contributed by atoms with E-state index < -0.39 is 0 Å². The van der Waals surface area contributed by atoms with Crippen molar-refractivity contribution in [3.63, 3.8) is 0 Å². The molecule has 1 aromatic carbocycles. The van der Waals surface area contributed by atoms with Crippen LogP contribution in [0.15, 0.2) is 31.4 Å². The molecule has 0 bridgehead atoms. The van der Waals surface area contributed by atoms with Crippen molar-refractivity contribution in [2.24, 2.45) is 0 Å². The van der Waals surface area contributed by atoms with Gasteiger partial charge in [0.2, 0.25) is 0 Å². The van der Waals surface area contributed by atoms with E-state index in [9.17, 15) is 0 Å². The molecule has 1 nitrogen and oxygen atoms in total. The van der Waals surface area contributed by atoms with Crippen molar-refractivity contribution in [3.05, 3.63) is 48.6 Å². The summed E-state index contributed by atoms with van der Waals surface area (Å²) >= 11 is 0. The smallest absolute Gasteiger partial charge is 0.127 e. The molecule has 67 valence electrons. The van der Waals surface area contributed by atoms with Crippen LogP contribution < -0.4 is 4.74 Å². The predicted molar refractivity (Wildman–Crippen MR) is 55.7 cm³/mol. The van der Waals surface area contributed by atoms with Crippen molar-refractivity contribution in [3.8, 4) is 5.75 Å². The molecule has 1 heteroatoms. The molecule has 1 rings (SSSR count). The molecule has 0 aliphatic heterocycles. The van der Waals surface area contributed by atoms with Gasteiger partial charge in [0.05, 0.1) is 6.61 Å². The van der Waals surface area contributed by atoms with Gasteiger partial charge in [-0.1, -0.05) is 31.4 Å². The van der Waals surface area contributed by atoms with Crippen LogP contribution in [0, 0.1) is 6.08 Å². The molecule has 0 spiro atoms. The largest absolute Gasteiger partial charge is 0.493 e. The minimum absolute atomic E-state index is 0.654. The first-order valence-corrected chi connectivity index (χ1v) is 4.24. The number of hydrogen-bond donors (Lipinski definition) is 0. The van der Waals surface area contributed by atoms with Gasteiger partial charge in [-0.15, -0.1) is 0 Å². The molecule has 0 heterocycles. The highest BCUT2D eigenvalue weighted by atomic mass is 16.5. The third-order valence-electron chi connectivity index (χ3n) is 1.76. The van der Waals surface area contributed by atoms with Gasteiger partial charge in [-0.25, -0.2) is 0 Å². The predicted octanol–water partition coefficient (Wildman–Crippen LogP) is 3.07. The maximum atomic E-state index is 5.43. The topological polar surface area (TPSA) is 9.23 Å². The molecular weight excluding hydrogens is 160 g/mol. The average Bonchev–Trinajstić information content (AvgIpc) is 2.18. The maximum absolute atomic E-state index is 5.43. The molecule has 0 fully saturated rings. The van der Waals surface area contributed by atoms with Crippen LogP contribution in [-0.2, 0) is 0 Å². The summed E-state index contributed by atoms with van der Waals surface area (Å²) in [4.78, 5) is 0. The molecule has 0 unspecified atom stereocenters. The van der Waals surface area contributed by atoms with E-state index in [0.717, 1.165) is 16.9 Å². The second-order valence-electron chi connectivity index (χ2n) is 2.53. The van der Waals surface area contributed by atoms with Gasteiger partial charge < -0.3 is 4.74 Å². The first-order valence-electron chi connectivity index (χ1n) is 4.24. The van der Waals surface area contributed by atoms with Crippen molar-refractivity contribution < 1.29 is 4.74 Å². The molecule has 0 aromatic heterocycles. The summed E-state index contributed by atoms with van der Waals surface area (Å²) in [5.41, 5.74) is 1.89. The van der Waals surface area contributed by atoms with Crippen molar-refractivity contribution in [2.45, 2.75) is 6.92 Å². The third-order valence-corrected chi connectivity index (χ3v) is 1.76. The molecule has 0 saturated carbocycles. The number of benzene rings is 1. The summed E-state index contributed by atoms with van der Waals surface area (Å²) in [5.74, 6) is 0.839. The lowest BCUT2D eigenvalue weighted by molar-refractivity contribution is 0.339. The Morgan fingerprint density at radius 1 is 1.54 bits per heavy atom. The second-order valence-corrected chi connectivity index (χ2v) is 2.53. The van der Waals surface area contributed by atoms with Gasteiger partial charge in [0.25, 0.3) is 0 Å². The SMILES string of the molecule is C=[C]c1cccc(OCC)c1C=C. The molecule has 0 saturated heterocycles. The van der Waals surface area contributed by atoms with E-state index >= 15 is 0 Å². The normalized spacial score (nSPS) is 9.31. The Bertz CT molecular complexity index is 313. The molecule has 0 N–H and O–H groups in total. The second kappa shape index (κ2) is 4.51. The molecule has 0 aliphatic rings. The molecule has 0 atom stereocenters. The van der Waals surface area contributed by atoms with Gasteiger partial charge in [0.1, 0.15) is 5.75 Å². The zero-order valence-corrected chi connectivity index (χ0v) is 7.84. The Balaban J connectivity index is 3.18. The minimum Gasteiger partial charge on any atom is -0.493 e. The highest BCUT2D eigenvalue weighted by Crippen LogP contribution is 2.23. The van der Waals surface area contributed by atoms with E-state index in [1.807, 2.05) is 25.1 Å². The first-order chi connectivity index (χ1) is 6.33. The van der Waals surface area contributed by atoms with E-state index in [-0.39, 0.29) is 0 Å². The minimum atomic E-state index is 0.654. The van der Waals surface area contributed by atoms with Crippen LogP contribution in [0.3, 0.4) is 0 Å². The average molecular weight is 173 g/mol. The first kappa shape index (κ1) is 9.59. The van der Waals surface area contributed by atoms with Gasteiger partial charge in [-0.05, 0) is 24.6 Å². The van der Waals surface area contributed by atoms with Gasteiger partial charge >= 0.3 is 0 Å². The lowest BCUT2D eigenvalue weighted by Gasteiger charge is -2.08. The van der Waals surface area contributed by atoms with Crippen molar-refractivity contribution >= 4 is 6.08 Å². The Morgan fingerprint density at radius 3 is 2.85 bits per heavy atom. The molecule has 0 aliphatic carbocycles.